The van der Waals surface area contributed by atoms with E-state index >= 15 is 0 Å². The molecule has 3 aromatic rings. The van der Waals surface area contributed by atoms with Crippen LogP contribution in [0.3, 0.4) is 0 Å². The van der Waals surface area contributed by atoms with E-state index < -0.39 is 0 Å². The lowest BCUT2D eigenvalue weighted by molar-refractivity contribution is 0.414. The lowest BCUT2D eigenvalue weighted by Crippen LogP contribution is -2.04. The van der Waals surface area contributed by atoms with Gasteiger partial charge in [0, 0.05) is 4.47 Å². The van der Waals surface area contributed by atoms with Crippen LogP contribution in [0.2, 0.25) is 0 Å². The van der Waals surface area contributed by atoms with Gasteiger partial charge in [-0.05, 0) is 35.9 Å². The number of methoxy groups -OCH3 is 1. The molecule has 102 valence electrons. The summed E-state index contributed by atoms with van der Waals surface area (Å²) in [6.45, 7) is 0.683. The minimum absolute atomic E-state index is 0.522. The smallest absolute Gasteiger partial charge is 0.201 e. The molecule has 0 radical (unpaired) electrons. The van der Waals surface area contributed by atoms with E-state index in [-0.39, 0.29) is 0 Å². The Kier molecular flexibility index (Phi) is 3.36. The van der Waals surface area contributed by atoms with Gasteiger partial charge in [-0.25, -0.2) is 4.98 Å². The van der Waals surface area contributed by atoms with Crippen LogP contribution in [0.4, 0.5) is 5.95 Å². The van der Waals surface area contributed by atoms with Gasteiger partial charge in [-0.1, -0.05) is 28.1 Å². The van der Waals surface area contributed by atoms with Crippen molar-refractivity contribution in [2.24, 2.45) is 0 Å². The number of benzene rings is 2. The predicted molar refractivity (Wildman–Crippen MR) is 83.9 cm³/mol. The molecule has 20 heavy (non-hydrogen) atoms. The van der Waals surface area contributed by atoms with Crippen molar-refractivity contribution in [3.05, 3.63) is 52.5 Å². The van der Waals surface area contributed by atoms with Crippen molar-refractivity contribution in [2.75, 3.05) is 12.8 Å². The summed E-state index contributed by atoms with van der Waals surface area (Å²) in [5.74, 6) is 1.37. The van der Waals surface area contributed by atoms with Gasteiger partial charge in [0.1, 0.15) is 5.75 Å². The van der Waals surface area contributed by atoms with Gasteiger partial charge < -0.3 is 15.0 Å². The third kappa shape index (κ3) is 2.36. The SMILES string of the molecule is COc1ccc(Cn2c(N)nc3ccc(Br)cc32)cc1. The lowest BCUT2D eigenvalue weighted by atomic mass is 10.2. The Hall–Kier alpha value is -2.01. The van der Waals surface area contributed by atoms with E-state index in [1.54, 1.807) is 7.11 Å². The van der Waals surface area contributed by atoms with E-state index in [0.29, 0.717) is 12.5 Å². The lowest BCUT2D eigenvalue weighted by Gasteiger charge is -2.08. The molecule has 0 spiro atoms. The van der Waals surface area contributed by atoms with Crippen molar-refractivity contribution >= 4 is 32.9 Å². The fraction of sp³-hybridized carbons (Fsp3) is 0.133. The topological polar surface area (TPSA) is 53.1 Å². The fourth-order valence-corrected chi connectivity index (χ4v) is 2.54. The molecule has 0 aliphatic rings. The molecule has 3 rings (SSSR count). The van der Waals surface area contributed by atoms with Crippen LogP contribution in [-0.4, -0.2) is 16.7 Å². The van der Waals surface area contributed by atoms with Crippen molar-refractivity contribution in [1.29, 1.82) is 0 Å². The Bertz CT molecular complexity index is 750. The van der Waals surface area contributed by atoms with Gasteiger partial charge in [0.15, 0.2) is 0 Å². The van der Waals surface area contributed by atoms with Gasteiger partial charge in [-0.15, -0.1) is 0 Å². The number of fused-ring (bicyclic) bond motifs is 1. The highest BCUT2D eigenvalue weighted by Crippen LogP contribution is 2.23. The van der Waals surface area contributed by atoms with Gasteiger partial charge in [0.25, 0.3) is 0 Å². The number of halogens is 1. The molecule has 0 unspecified atom stereocenters. The molecule has 0 aliphatic heterocycles. The fourth-order valence-electron chi connectivity index (χ4n) is 2.19. The van der Waals surface area contributed by atoms with Crippen LogP contribution in [0.5, 0.6) is 5.75 Å². The van der Waals surface area contributed by atoms with Crippen LogP contribution in [0, 0.1) is 0 Å². The van der Waals surface area contributed by atoms with Crippen molar-refractivity contribution in [2.45, 2.75) is 6.54 Å². The highest BCUT2D eigenvalue weighted by molar-refractivity contribution is 9.10. The van der Waals surface area contributed by atoms with E-state index in [1.807, 2.05) is 47.0 Å². The van der Waals surface area contributed by atoms with Gasteiger partial charge in [-0.3, -0.25) is 0 Å². The van der Waals surface area contributed by atoms with E-state index in [1.165, 1.54) is 0 Å². The quantitative estimate of drug-likeness (QED) is 0.799. The third-order valence-corrected chi connectivity index (χ3v) is 3.73. The number of anilines is 1. The maximum Gasteiger partial charge on any atom is 0.201 e. The Morgan fingerprint density at radius 2 is 1.95 bits per heavy atom. The van der Waals surface area contributed by atoms with Crippen LogP contribution in [0.1, 0.15) is 5.56 Å². The van der Waals surface area contributed by atoms with Crippen molar-refractivity contribution < 1.29 is 4.74 Å². The second kappa shape index (κ2) is 5.17. The Labute approximate surface area is 125 Å². The summed E-state index contributed by atoms with van der Waals surface area (Å²) in [6.07, 6.45) is 0. The molecule has 1 aromatic heterocycles. The molecule has 0 aliphatic carbocycles. The average molecular weight is 332 g/mol. The molecule has 0 saturated heterocycles. The molecule has 0 atom stereocenters. The number of nitrogens with zero attached hydrogens (tertiary/aromatic N) is 2. The van der Waals surface area contributed by atoms with Crippen LogP contribution in [-0.2, 0) is 6.54 Å². The molecule has 2 aromatic carbocycles. The van der Waals surface area contributed by atoms with Gasteiger partial charge in [-0.2, -0.15) is 0 Å². The number of nitrogens with two attached hydrogens (primary N) is 1. The van der Waals surface area contributed by atoms with Crippen LogP contribution >= 0.6 is 15.9 Å². The highest BCUT2D eigenvalue weighted by Gasteiger charge is 2.09. The monoisotopic (exact) mass is 331 g/mol. The van der Waals surface area contributed by atoms with Gasteiger partial charge in [0.2, 0.25) is 5.95 Å². The number of aromatic nitrogens is 2. The number of nitrogen functional groups attached to an aromatic ring is 1. The molecular weight excluding hydrogens is 318 g/mol. The van der Waals surface area contributed by atoms with Crippen LogP contribution in [0.15, 0.2) is 46.9 Å². The van der Waals surface area contributed by atoms with E-state index in [2.05, 4.69) is 20.9 Å². The average Bonchev–Trinajstić information content (AvgIpc) is 2.76. The van der Waals surface area contributed by atoms with Gasteiger partial charge in [0.05, 0.1) is 24.7 Å². The number of hydrogen-bond donors (Lipinski definition) is 1. The maximum atomic E-state index is 6.02. The Morgan fingerprint density at radius 1 is 1.20 bits per heavy atom. The first-order valence-corrected chi connectivity index (χ1v) is 7.01. The van der Waals surface area contributed by atoms with Crippen LogP contribution < -0.4 is 10.5 Å². The van der Waals surface area contributed by atoms with Crippen molar-refractivity contribution in [3.63, 3.8) is 0 Å². The van der Waals surface area contributed by atoms with Crippen LogP contribution in [0.25, 0.3) is 11.0 Å². The normalized spacial score (nSPS) is 10.9. The first-order chi connectivity index (χ1) is 9.67. The Balaban J connectivity index is 2.00. The minimum atomic E-state index is 0.522. The zero-order valence-electron chi connectivity index (χ0n) is 11.0. The number of ether oxygens (including phenoxy) is 1. The minimum Gasteiger partial charge on any atom is -0.497 e. The summed E-state index contributed by atoms with van der Waals surface area (Å²) < 4.78 is 8.18. The molecule has 1 heterocycles. The molecule has 5 heteroatoms. The van der Waals surface area contributed by atoms with Gasteiger partial charge >= 0.3 is 0 Å². The zero-order valence-corrected chi connectivity index (χ0v) is 12.6. The molecule has 2 N–H and O–H groups in total. The number of hydrogen-bond acceptors (Lipinski definition) is 3. The predicted octanol–water partition coefficient (Wildman–Crippen LogP) is 3.44. The summed E-state index contributed by atoms with van der Waals surface area (Å²) in [6, 6.07) is 13.9. The third-order valence-electron chi connectivity index (χ3n) is 3.24. The zero-order chi connectivity index (χ0) is 14.1. The standard InChI is InChI=1S/C15H14BrN3O/c1-20-12-5-2-10(3-6-12)9-19-14-8-11(16)4-7-13(14)18-15(19)17/h2-8H,9H2,1H3,(H2,17,18). The second-order valence-electron chi connectivity index (χ2n) is 4.54. The first-order valence-electron chi connectivity index (χ1n) is 6.21. The molecule has 0 amide bonds. The van der Waals surface area contributed by atoms with Crippen molar-refractivity contribution in [1.82, 2.24) is 9.55 Å². The number of imidazole rings is 1. The maximum absolute atomic E-state index is 6.02. The largest absolute Gasteiger partial charge is 0.497 e. The second-order valence-corrected chi connectivity index (χ2v) is 5.45. The summed E-state index contributed by atoms with van der Waals surface area (Å²) >= 11 is 3.48. The van der Waals surface area contributed by atoms with E-state index in [9.17, 15) is 0 Å². The molecule has 0 bridgehead atoms. The van der Waals surface area contributed by atoms with Crippen molar-refractivity contribution in [3.8, 4) is 5.75 Å². The highest BCUT2D eigenvalue weighted by atomic mass is 79.9. The van der Waals surface area contributed by atoms with E-state index in [0.717, 1.165) is 26.8 Å². The summed E-state index contributed by atoms with van der Waals surface area (Å²) in [7, 11) is 1.66. The molecule has 4 nitrogen and oxygen atoms in total. The molecule has 0 saturated carbocycles. The molecule has 0 fully saturated rings. The first kappa shape index (κ1) is 13.0. The summed E-state index contributed by atoms with van der Waals surface area (Å²) in [4.78, 5) is 4.38. The summed E-state index contributed by atoms with van der Waals surface area (Å²) in [5, 5.41) is 0. The molecular formula is C15H14BrN3O. The number of rotatable bonds is 3. The summed E-state index contributed by atoms with van der Waals surface area (Å²) in [5.41, 5.74) is 9.09. The van der Waals surface area contributed by atoms with E-state index in [4.69, 9.17) is 10.5 Å². The Morgan fingerprint density at radius 3 is 2.65 bits per heavy atom.